The molecule has 2 aromatic carbocycles. The topological polar surface area (TPSA) is 144 Å². The number of hydrogen-bond acceptors (Lipinski definition) is 10. The van der Waals surface area contributed by atoms with Crippen LogP contribution in [0.1, 0.15) is 31.9 Å². The highest BCUT2D eigenvalue weighted by atomic mass is 16.9. The van der Waals surface area contributed by atoms with Gasteiger partial charge in [-0.15, -0.1) is 0 Å². The summed E-state index contributed by atoms with van der Waals surface area (Å²) in [6.45, 7) is 8.79. The van der Waals surface area contributed by atoms with Crippen LogP contribution in [0.5, 0.6) is 0 Å². The van der Waals surface area contributed by atoms with Crippen molar-refractivity contribution in [3.8, 4) is 0 Å². The summed E-state index contributed by atoms with van der Waals surface area (Å²) in [6.07, 6.45) is 3.34. The monoisotopic (exact) mass is 654 g/mol. The highest BCUT2D eigenvalue weighted by molar-refractivity contribution is 6.05. The molecule has 5 fully saturated rings. The number of aliphatic hydroxyl groups is 3. The highest BCUT2D eigenvalue weighted by Gasteiger charge is 2.90. The molecule has 8 rings (SSSR count). The summed E-state index contributed by atoms with van der Waals surface area (Å²) in [5.41, 5.74) is -4.99. The molecule has 0 aromatic heterocycles. The third-order valence-electron chi connectivity index (χ3n) is 11.5. The molecule has 3 aliphatic carbocycles. The number of fused-ring (bicyclic) bond motifs is 3. The standard InChI is InChI=1S/C38H38O10/c1-21(2)36-30(44-27(40)18-12-11-15-24-13-7-5-8-14-24)23(4)37-26-19-22(3)29(41)35(26,43)33(42)34(20-39)31(45-34)28(37)32(36)46-38(47-36,48-37)25-16-9-6-10-17-25/h5-19,23,26,28,30-33,39,42-43H,1,20H2,2-4H3/b15-11+,18-12+/t23-,26-,28?,30-,31?,32?,33-,34+,35-,36+,37+,38?/m1/s1. The van der Waals surface area contributed by atoms with E-state index in [2.05, 4.69) is 6.58 Å². The zero-order chi connectivity index (χ0) is 33.9. The van der Waals surface area contributed by atoms with Gasteiger partial charge in [0.25, 0.3) is 0 Å². The van der Waals surface area contributed by atoms with Crippen LogP contribution in [-0.4, -0.2) is 80.5 Å². The number of benzene rings is 2. The molecular formula is C38H38O10. The normalized spacial score (nSPS) is 45.0. The molecule has 4 unspecified atom stereocenters. The smallest absolute Gasteiger partial charge is 0.331 e. The molecule has 10 nitrogen and oxygen atoms in total. The molecule has 3 aliphatic heterocycles. The molecule has 6 aliphatic rings. The molecule has 250 valence electrons. The van der Waals surface area contributed by atoms with Crippen LogP contribution in [0.3, 0.4) is 0 Å². The Bertz CT molecular complexity index is 1790. The first-order valence-corrected chi connectivity index (χ1v) is 16.2. The van der Waals surface area contributed by atoms with Gasteiger partial charge in [-0.1, -0.05) is 98.5 Å². The molecule has 12 atom stereocenters. The molecule has 3 N–H and O–H groups in total. The first-order valence-electron chi connectivity index (χ1n) is 16.2. The fourth-order valence-corrected chi connectivity index (χ4v) is 9.34. The second-order valence-electron chi connectivity index (χ2n) is 13.9. The average Bonchev–Trinajstić information content (AvgIpc) is 3.71. The number of ether oxygens (including phenoxy) is 5. The van der Waals surface area contributed by atoms with Crippen LogP contribution in [0.4, 0.5) is 0 Å². The Morgan fingerprint density at radius 3 is 2.38 bits per heavy atom. The fourth-order valence-electron chi connectivity index (χ4n) is 9.34. The largest absolute Gasteiger partial charge is 0.455 e. The lowest BCUT2D eigenvalue weighted by molar-refractivity contribution is -0.440. The molecule has 3 saturated heterocycles. The SMILES string of the molecule is C=C(C)[C@@]12OC3(c4ccccc4)OC1C1C4O[C@]4(CO)[C@@H](O)[C@]4(O)C(=O)C(C)=C[C@H]4[C@@]1(O3)[C@H](C)[C@H]2OC(=O)/C=C/C=C/c1ccccc1. The van der Waals surface area contributed by atoms with Crippen molar-refractivity contribution < 1.29 is 48.6 Å². The number of rotatable bonds is 7. The Labute approximate surface area is 277 Å². The van der Waals surface area contributed by atoms with E-state index < -0.39 is 88.9 Å². The van der Waals surface area contributed by atoms with Crippen LogP contribution in [0, 0.1) is 17.8 Å². The van der Waals surface area contributed by atoms with Gasteiger partial charge < -0.3 is 39.0 Å². The summed E-state index contributed by atoms with van der Waals surface area (Å²) in [6, 6.07) is 18.6. The minimum absolute atomic E-state index is 0.226. The summed E-state index contributed by atoms with van der Waals surface area (Å²) >= 11 is 0. The lowest BCUT2D eigenvalue weighted by Crippen LogP contribution is -2.76. The van der Waals surface area contributed by atoms with Gasteiger partial charge >= 0.3 is 11.9 Å². The van der Waals surface area contributed by atoms with E-state index in [-0.39, 0.29) is 5.57 Å². The zero-order valence-electron chi connectivity index (χ0n) is 26.8. The van der Waals surface area contributed by atoms with E-state index in [4.69, 9.17) is 23.7 Å². The Kier molecular flexibility index (Phi) is 6.82. The molecule has 3 heterocycles. The summed E-state index contributed by atoms with van der Waals surface area (Å²) < 4.78 is 33.4. The second-order valence-corrected chi connectivity index (χ2v) is 13.9. The number of epoxide rings is 1. The van der Waals surface area contributed by atoms with E-state index in [1.807, 2.05) is 49.4 Å². The molecule has 0 amide bonds. The summed E-state index contributed by atoms with van der Waals surface area (Å²) in [7, 11) is 0. The van der Waals surface area contributed by atoms with Crippen LogP contribution < -0.4 is 0 Å². The molecule has 2 aromatic rings. The van der Waals surface area contributed by atoms with Crippen molar-refractivity contribution in [1.82, 2.24) is 0 Å². The Hall–Kier alpha value is -3.74. The predicted molar refractivity (Wildman–Crippen MR) is 170 cm³/mol. The van der Waals surface area contributed by atoms with Crippen molar-refractivity contribution in [1.29, 1.82) is 0 Å². The number of ketones is 1. The number of carbonyl (C=O) groups is 2. The first-order chi connectivity index (χ1) is 22.9. The summed E-state index contributed by atoms with van der Waals surface area (Å²) in [5.74, 6) is -5.98. The number of aliphatic hydroxyl groups excluding tert-OH is 2. The molecule has 10 heteroatoms. The molecule has 0 spiro atoms. The number of allylic oxidation sites excluding steroid dienone is 2. The van der Waals surface area contributed by atoms with Crippen molar-refractivity contribution >= 4 is 17.8 Å². The van der Waals surface area contributed by atoms with Crippen molar-refractivity contribution in [2.24, 2.45) is 17.8 Å². The lowest BCUT2D eigenvalue weighted by atomic mass is 9.53. The van der Waals surface area contributed by atoms with Gasteiger partial charge in [0.05, 0.1) is 12.2 Å². The van der Waals surface area contributed by atoms with Crippen molar-refractivity contribution in [3.05, 3.63) is 114 Å². The van der Waals surface area contributed by atoms with Gasteiger partial charge in [0.15, 0.2) is 17.0 Å². The van der Waals surface area contributed by atoms with Gasteiger partial charge in [-0.25, -0.2) is 4.79 Å². The number of hydrogen-bond donors (Lipinski definition) is 3. The van der Waals surface area contributed by atoms with Crippen molar-refractivity contribution in [2.75, 3.05) is 6.61 Å². The maximum absolute atomic E-state index is 13.9. The Morgan fingerprint density at radius 2 is 1.71 bits per heavy atom. The van der Waals surface area contributed by atoms with Crippen LogP contribution in [-0.2, 0) is 39.2 Å². The third-order valence-corrected chi connectivity index (χ3v) is 11.5. The molecule has 48 heavy (non-hydrogen) atoms. The maximum Gasteiger partial charge on any atom is 0.331 e. The average molecular weight is 655 g/mol. The van der Waals surface area contributed by atoms with Crippen LogP contribution in [0.25, 0.3) is 6.08 Å². The quantitative estimate of drug-likeness (QED) is 0.134. The zero-order valence-corrected chi connectivity index (χ0v) is 26.8. The fraction of sp³-hybridized carbons (Fsp3) is 0.421. The Balaban J connectivity index is 1.29. The van der Waals surface area contributed by atoms with Crippen molar-refractivity contribution in [2.45, 2.75) is 73.6 Å². The van der Waals surface area contributed by atoms with E-state index in [1.165, 1.54) is 6.08 Å². The second kappa shape index (κ2) is 10.4. The van der Waals surface area contributed by atoms with Gasteiger partial charge in [0.2, 0.25) is 0 Å². The van der Waals surface area contributed by atoms with E-state index in [0.29, 0.717) is 11.1 Å². The van der Waals surface area contributed by atoms with Gasteiger partial charge in [-0.2, -0.15) is 0 Å². The van der Waals surface area contributed by atoms with Gasteiger partial charge in [-0.3, -0.25) is 4.79 Å². The lowest BCUT2D eigenvalue weighted by Gasteiger charge is -2.61. The van der Waals surface area contributed by atoms with E-state index in [0.717, 1.165) is 5.56 Å². The third kappa shape index (κ3) is 3.76. The summed E-state index contributed by atoms with van der Waals surface area (Å²) in [5, 5.41) is 34.9. The predicted octanol–water partition coefficient (Wildman–Crippen LogP) is 3.12. The van der Waals surface area contributed by atoms with E-state index >= 15 is 0 Å². The minimum atomic E-state index is -2.43. The number of esters is 1. The van der Waals surface area contributed by atoms with Crippen molar-refractivity contribution in [3.63, 3.8) is 0 Å². The van der Waals surface area contributed by atoms with Crippen LogP contribution >= 0.6 is 0 Å². The van der Waals surface area contributed by atoms with Gasteiger partial charge in [-0.05, 0) is 30.6 Å². The maximum atomic E-state index is 13.9. The summed E-state index contributed by atoms with van der Waals surface area (Å²) in [4.78, 5) is 27.5. The molecule has 0 radical (unpaired) electrons. The molecular weight excluding hydrogens is 616 g/mol. The number of carbonyl (C=O) groups excluding carboxylic acids is 2. The minimum Gasteiger partial charge on any atom is -0.455 e. The van der Waals surface area contributed by atoms with Gasteiger partial charge in [0, 0.05) is 29.4 Å². The van der Waals surface area contributed by atoms with Crippen LogP contribution in [0.15, 0.2) is 103 Å². The molecule has 3 bridgehead atoms. The van der Waals surface area contributed by atoms with E-state index in [1.54, 1.807) is 56.3 Å². The Morgan fingerprint density at radius 1 is 1.02 bits per heavy atom. The first kappa shape index (κ1) is 31.5. The van der Waals surface area contributed by atoms with Gasteiger partial charge in [0.1, 0.15) is 30.0 Å². The molecule has 2 saturated carbocycles. The number of Topliss-reactive ketones (excluding diaryl/α,β-unsaturated/α-hetero) is 1. The van der Waals surface area contributed by atoms with Crippen LogP contribution in [0.2, 0.25) is 0 Å². The van der Waals surface area contributed by atoms with E-state index in [9.17, 15) is 24.9 Å². The highest BCUT2D eigenvalue weighted by Crippen LogP contribution is 2.74.